The van der Waals surface area contributed by atoms with Gasteiger partial charge in [0.1, 0.15) is 5.76 Å². The van der Waals surface area contributed by atoms with Crippen LogP contribution in [0.2, 0.25) is 0 Å². The quantitative estimate of drug-likeness (QED) is 0.491. The molecule has 0 saturated carbocycles. The summed E-state index contributed by atoms with van der Waals surface area (Å²) in [5.74, 6) is 1.84. The number of thioether (sulfide) groups is 1. The van der Waals surface area contributed by atoms with Gasteiger partial charge < -0.3 is 4.42 Å². The summed E-state index contributed by atoms with van der Waals surface area (Å²) in [7, 11) is 0. The van der Waals surface area contributed by atoms with E-state index < -0.39 is 0 Å². The van der Waals surface area contributed by atoms with Crippen molar-refractivity contribution in [1.29, 1.82) is 0 Å². The van der Waals surface area contributed by atoms with Gasteiger partial charge in [0.2, 0.25) is 0 Å². The molecule has 0 N–H and O–H groups in total. The highest BCUT2D eigenvalue weighted by atomic mass is 32.2. The normalized spacial score (nSPS) is 13.1. The molecule has 3 aromatic rings. The van der Waals surface area contributed by atoms with Gasteiger partial charge in [-0.15, -0.1) is 11.8 Å². The average Bonchev–Trinajstić information content (AvgIpc) is 2.50. The fraction of sp³-hybridized carbons (Fsp3) is 0.118. The second kappa shape index (κ2) is 4.47. The number of benzene rings is 2. The number of aryl methyl sites for hydroxylation is 1. The Bertz CT molecular complexity index is 893. The van der Waals surface area contributed by atoms with E-state index in [1.165, 1.54) is 21.2 Å². The highest BCUT2D eigenvalue weighted by molar-refractivity contribution is 7.98. The molecular formula is C17H12OS2. The van der Waals surface area contributed by atoms with Crippen LogP contribution in [-0.2, 0) is 5.75 Å². The Balaban J connectivity index is 2.16. The van der Waals surface area contributed by atoms with Crippen LogP contribution < -0.4 is 0 Å². The van der Waals surface area contributed by atoms with Crippen LogP contribution in [0.3, 0.4) is 0 Å². The summed E-state index contributed by atoms with van der Waals surface area (Å²) in [6.07, 6.45) is 1.78. The Labute approximate surface area is 126 Å². The minimum absolute atomic E-state index is 0.894. The molecule has 0 saturated heterocycles. The van der Waals surface area contributed by atoms with Crippen molar-refractivity contribution in [2.75, 3.05) is 0 Å². The van der Waals surface area contributed by atoms with E-state index in [0.29, 0.717) is 0 Å². The van der Waals surface area contributed by atoms with E-state index in [2.05, 4.69) is 36.4 Å². The Kier molecular flexibility index (Phi) is 2.72. The zero-order valence-corrected chi connectivity index (χ0v) is 12.6. The van der Waals surface area contributed by atoms with Gasteiger partial charge >= 0.3 is 0 Å². The largest absolute Gasteiger partial charge is 0.464 e. The zero-order chi connectivity index (χ0) is 13.7. The highest BCUT2D eigenvalue weighted by Crippen LogP contribution is 2.45. The Morgan fingerprint density at radius 2 is 2.00 bits per heavy atom. The molecule has 4 rings (SSSR count). The first-order chi connectivity index (χ1) is 9.75. The maximum absolute atomic E-state index is 5.92. The second-order valence-corrected chi connectivity index (χ2v) is 6.43. The van der Waals surface area contributed by atoms with Gasteiger partial charge in [0.15, 0.2) is 0 Å². The smallest absolute Gasteiger partial charge is 0.141 e. The average molecular weight is 296 g/mol. The molecule has 0 radical (unpaired) electrons. The molecule has 0 unspecified atom stereocenters. The summed E-state index contributed by atoms with van der Waals surface area (Å²) < 4.78 is 6.86. The van der Waals surface area contributed by atoms with Crippen molar-refractivity contribution in [3.05, 3.63) is 58.3 Å². The van der Waals surface area contributed by atoms with Crippen LogP contribution in [-0.4, -0.2) is 0 Å². The Morgan fingerprint density at radius 1 is 1.15 bits per heavy atom. The number of rotatable bonds is 0. The summed E-state index contributed by atoms with van der Waals surface area (Å²) in [5, 5.41) is 2.47. The van der Waals surface area contributed by atoms with Gasteiger partial charge in [0.05, 0.1) is 10.8 Å². The van der Waals surface area contributed by atoms with Gasteiger partial charge in [-0.3, -0.25) is 0 Å². The molecule has 3 heteroatoms. The van der Waals surface area contributed by atoms with Crippen molar-refractivity contribution in [2.24, 2.45) is 0 Å². The summed E-state index contributed by atoms with van der Waals surface area (Å²) in [6.45, 7) is 2.01. The van der Waals surface area contributed by atoms with Gasteiger partial charge in [-0.1, -0.05) is 42.5 Å². The number of hydrogen-bond donors (Lipinski definition) is 0. The lowest BCUT2D eigenvalue weighted by atomic mass is 9.99. The molecule has 1 aliphatic rings. The monoisotopic (exact) mass is 296 g/mol. The molecule has 2 heterocycles. The maximum Gasteiger partial charge on any atom is 0.141 e. The van der Waals surface area contributed by atoms with Crippen LogP contribution in [0.5, 0.6) is 0 Å². The van der Waals surface area contributed by atoms with E-state index in [9.17, 15) is 0 Å². The van der Waals surface area contributed by atoms with Crippen molar-refractivity contribution in [3.63, 3.8) is 0 Å². The van der Waals surface area contributed by atoms with Crippen molar-refractivity contribution in [3.8, 4) is 11.3 Å². The first-order valence-electron chi connectivity index (χ1n) is 6.52. The molecule has 20 heavy (non-hydrogen) atoms. The number of hydrogen-bond acceptors (Lipinski definition) is 3. The predicted octanol–water partition coefficient (Wildman–Crippen LogP) is 5.74. The van der Waals surface area contributed by atoms with E-state index in [1.807, 2.05) is 18.7 Å². The lowest BCUT2D eigenvalue weighted by molar-refractivity contribution is 0.554. The van der Waals surface area contributed by atoms with Gasteiger partial charge in [-0.25, -0.2) is 0 Å². The first-order valence-corrected chi connectivity index (χ1v) is 7.91. The van der Waals surface area contributed by atoms with E-state index in [1.54, 1.807) is 6.26 Å². The molecular weight excluding hydrogens is 284 g/mol. The Morgan fingerprint density at radius 3 is 2.90 bits per heavy atom. The molecule has 98 valence electrons. The van der Waals surface area contributed by atoms with Crippen LogP contribution in [0.15, 0.2) is 52.0 Å². The van der Waals surface area contributed by atoms with Crippen molar-refractivity contribution in [1.82, 2.24) is 0 Å². The molecule has 1 aliphatic heterocycles. The predicted molar refractivity (Wildman–Crippen MR) is 86.8 cm³/mol. The third-order valence-electron chi connectivity index (χ3n) is 3.75. The lowest BCUT2D eigenvalue weighted by Crippen LogP contribution is -1.99. The first kappa shape index (κ1) is 12.2. The molecule has 1 aromatic heterocycles. The van der Waals surface area contributed by atoms with Crippen LogP contribution in [0.1, 0.15) is 11.1 Å². The maximum atomic E-state index is 5.92. The summed E-state index contributed by atoms with van der Waals surface area (Å²) in [4.78, 5) is 1.28. The molecule has 0 amide bonds. The van der Waals surface area contributed by atoms with Crippen LogP contribution in [0, 0.1) is 11.4 Å². The van der Waals surface area contributed by atoms with Crippen molar-refractivity contribution >= 4 is 34.8 Å². The minimum atomic E-state index is 0.894. The molecule has 0 spiro atoms. The highest BCUT2D eigenvalue weighted by Gasteiger charge is 2.22. The van der Waals surface area contributed by atoms with Crippen LogP contribution >= 0.6 is 24.0 Å². The number of fused-ring (bicyclic) bond motifs is 5. The fourth-order valence-electron chi connectivity index (χ4n) is 2.71. The second-order valence-electron chi connectivity index (χ2n) is 5.00. The summed E-state index contributed by atoms with van der Waals surface area (Å²) in [6, 6.07) is 12.8. The molecule has 0 aliphatic carbocycles. The topological polar surface area (TPSA) is 13.1 Å². The standard InChI is InChI=1S/C17H12OS2/c1-10-8-18-16-13(17(10)19)9-20-14-7-6-11-4-2-3-5-12(11)15(14)16/h2-8H,9H2,1H3. The minimum Gasteiger partial charge on any atom is -0.464 e. The van der Waals surface area contributed by atoms with Crippen LogP contribution in [0.4, 0.5) is 0 Å². The van der Waals surface area contributed by atoms with E-state index in [0.717, 1.165) is 27.2 Å². The van der Waals surface area contributed by atoms with Gasteiger partial charge in [0, 0.05) is 27.3 Å². The van der Waals surface area contributed by atoms with Crippen LogP contribution in [0.25, 0.3) is 22.1 Å². The van der Waals surface area contributed by atoms with E-state index in [-0.39, 0.29) is 0 Å². The SMILES string of the molecule is Cc1coc2c(c1=S)CSc1ccc3ccccc3c1-2. The van der Waals surface area contributed by atoms with Gasteiger partial charge in [0.25, 0.3) is 0 Å². The summed E-state index contributed by atoms with van der Waals surface area (Å²) >= 11 is 7.40. The molecule has 2 aromatic carbocycles. The molecule has 1 nitrogen and oxygen atoms in total. The van der Waals surface area contributed by atoms with E-state index in [4.69, 9.17) is 16.6 Å². The van der Waals surface area contributed by atoms with Gasteiger partial charge in [-0.05, 0) is 23.8 Å². The fourth-order valence-corrected chi connectivity index (χ4v) is 4.10. The molecule has 0 bridgehead atoms. The third kappa shape index (κ3) is 1.67. The summed E-state index contributed by atoms with van der Waals surface area (Å²) in [5.41, 5.74) is 3.40. The Hall–Kier alpha value is -1.58. The lowest BCUT2D eigenvalue weighted by Gasteiger charge is -2.20. The molecule has 0 atom stereocenters. The zero-order valence-electron chi connectivity index (χ0n) is 11.0. The van der Waals surface area contributed by atoms with Crippen molar-refractivity contribution in [2.45, 2.75) is 17.6 Å². The van der Waals surface area contributed by atoms with Gasteiger partial charge in [-0.2, -0.15) is 0 Å². The van der Waals surface area contributed by atoms with Crippen molar-refractivity contribution < 1.29 is 4.42 Å². The van der Waals surface area contributed by atoms with E-state index >= 15 is 0 Å². The third-order valence-corrected chi connectivity index (χ3v) is 5.40. The molecule has 0 fully saturated rings.